The molecule has 0 spiro atoms. The molecule has 3 rings (SSSR count). The van der Waals surface area contributed by atoms with Crippen molar-refractivity contribution in [3.8, 4) is 0 Å². The van der Waals surface area contributed by atoms with E-state index in [-0.39, 0.29) is 23.8 Å². The molecule has 6 heteroatoms. The quantitative estimate of drug-likeness (QED) is 0.413. The Hall–Kier alpha value is -1.92. The molecule has 6 nitrogen and oxygen atoms in total. The van der Waals surface area contributed by atoms with E-state index in [1.165, 1.54) is 0 Å². The van der Waals surface area contributed by atoms with E-state index in [0.29, 0.717) is 6.54 Å². The summed E-state index contributed by atoms with van der Waals surface area (Å²) in [6.45, 7) is 1.40. The van der Waals surface area contributed by atoms with Crippen molar-refractivity contribution in [2.75, 3.05) is 13.1 Å². The maximum absolute atomic E-state index is 12.3. The summed E-state index contributed by atoms with van der Waals surface area (Å²) in [6.07, 6.45) is 1.80. The number of nitrogens with two attached hydrogens (primary N) is 1. The monoisotopic (exact) mass is 288 g/mol. The lowest BCUT2D eigenvalue weighted by Gasteiger charge is -2.40. The average molecular weight is 288 g/mol. The van der Waals surface area contributed by atoms with E-state index in [1.807, 2.05) is 30.3 Å². The number of nitrogens with zero attached hydrogens (tertiary/aromatic N) is 1. The molecule has 4 N–H and O–H groups in total. The number of fused-ring (bicyclic) bond motifs is 1. The van der Waals surface area contributed by atoms with Gasteiger partial charge in [0.05, 0.1) is 5.92 Å². The number of benzene rings is 1. The third-order valence-corrected chi connectivity index (χ3v) is 4.48. The van der Waals surface area contributed by atoms with Gasteiger partial charge in [-0.3, -0.25) is 19.9 Å². The van der Waals surface area contributed by atoms with E-state index in [2.05, 4.69) is 15.6 Å². The zero-order valence-corrected chi connectivity index (χ0v) is 11.8. The Bertz CT molecular complexity index is 534. The van der Waals surface area contributed by atoms with Crippen molar-refractivity contribution in [3.63, 3.8) is 0 Å². The molecule has 0 bridgehead atoms. The minimum Gasteiger partial charge on any atom is -0.354 e. The standard InChI is InChI=1S/C15H20N4O2/c16-18-15(21)13(10-5-2-1-3-6-10)19-8-4-7-11-12(19)9-17-14(11)20/h1-3,5-6,11-13H,4,7-9,16H2,(H,17,20)(H,18,21). The van der Waals surface area contributed by atoms with Gasteiger partial charge in [-0.15, -0.1) is 0 Å². The second-order valence-corrected chi connectivity index (χ2v) is 5.62. The maximum Gasteiger partial charge on any atom is 0.255 e. The summed E-state index contributed by atoms with van der Waals surface area (Å²) in [7, 11) is 0. The van der Waals surface area contributed by atoms with Gasteiger partial charge in [0.1, 0.15) is 6.04 Å². The van der Waals surface area contributed by atoms with Gasteiger partial charge in [-0.25, -0.2) is 5.84 Å². The Labute approximate surface area is 123 Å². The van der Waals surface area contributed by atoms with Crippen molar-refractivity contribution in [3.05, 3.63) is 35.9 Å². The number of hydrogen-bond acceptors (Lipinski definition) is 4. The number of carbonyl (C=O) groups is 2. The van der Waals surface area contributed by atoms with Crippen LogP contribution in [0, 0.1) is 5.92 Å². The lowest BCUT2D eigenvalue weighted by Crippen LogP contribution is -2.52. The van der Waals surface area contributed by atoms with Crippen molar-refractivity contribution < 1.29 is 9.59 Å². The van der Waals surface area contributed by atoms with E-state index >= 15 is 0 Å². The highest BCUT2D eigenvalue weighted by molar-refractivity contribution is 5.84. The van der Waals surface area contributed by atoms with Gasteiger partial charge in [0.15, 0.2) is 0 Å². The third-order valence-electron chi connectivity index (χ3n) is 4.48. The first-order valence-electron chi connectivity index (χ1n) is 7.31. The molecule has 112 valence electrons. The van der Waals surface area contributed by atoms with Crippen LogP contribution in [0.5, 0.6) is 0 Å². The zero-order chi connectivity index (χ0) is 14.8. The average Bonchev–Trinajstić information content (AvgIpc) is 2.91. The minimum atomic E-state index is -0.448. The summed E-state index contributed by atoms with van der Waals surface area (Å²) in [5.41, 5.74) is 3.17. The summed E-state index contributed by atoms with van der Waals surface area (Å²) < 4.78 is 0. The predicted octanol–water partition coefficient (Wildman–Crippen LogP) is -0.0720. The fourth-order valence-electron chi connectivity index (χ4n) is 3.51. The molecule has 21 heavy (non-hydrogen) atoms. The number of amides is 2. The largest absolute Gasteiger partial charge is 0.354 e. The molecule has 0 saturated carbocycles. The first-order chi connectivity index (χ1) is 10.2. The van der Waals surface area contributed by atoms with Crippen LogP contribution in [0.1, 0.15) is 24.4 Å². The van der Waals surface area contributed by atoms with Gasteiger partial charge in [0.2, 0.25) is 5.91 Å². The minimum absolute atomic E-state index is 0.0180. The first kappa shape index (κ1) is 14.0. The normalized spacial score (nSPS) is 26.8. The fourth-order valence-corrected chi connectivity index (χ4v) is 3.51. The summed E-state index contributed by atoms with van der Waals surface area (Å²) in [5.74, 6) is 5.22. The number of piperidine rings is 1. The highest BCUT2D eigenvalue weighted by atomic mass is 16.2. The number of rotatable bonds is 3. The van der Waals surface area contributed by atoms with E-state index in [1.54, 1.807) is 0 Å². The fraction of sp³-hybridized carbons (Fsp3) is 0.467. The Balaban J connectivity index is 1.93. The molecule has 2 saturated heterocycles. The number of likely N-dealkylation sites (tertiary alicyclic amines) is 1. The van der Waals surface area contributed by atoms with Crippen molar-refractivity contribution in [1.29, 1.82) is 0 Å². The predicted molar refractivity (Wildman–Crippen MR) is 77.7 cm³/mol. The smallest absolute Gasteiger partial charge is 0.255 e. The number of hydrogen-bond donors (Lipinski definition) is 3. The van der Waals surface area contributed by atoms with Crippen molar-refractivity contribution >= 4 is 11.8 Å². The third kappa shape index (κ3) is 2.52. The van der Waals surface area contributed by atoms with Crippen LogP contribution in [-0.2, 0) is 9.59 Å². The molecule has 2 amide bonds. The van der Waals surface area contributed by atoms with Crippen LogP contribution < -0.4 is 16.6 Å². The summed E-state index contributed by atoms with van der Waals surface area (Å²) in [4.78, 5) is 26.3. The number of hydrazine groups is 1. The Morgan fingerprint density at radius 1 is 1.38 bits per heavy atom. The highest BCUT2D eigenvalue weighted by Crippen LogP contribution is 2.34. The van der Waals surface area contributed by atoms with E-state index in [0.717, 1.165) is 24.9 Å². The molecule has 2 heterocycles. The summed E-state index contributed by atoms with van der Waals surface area (Å²) in [5, 5.41) is 2.91. The van der Waals surface area contributed by atoms with E-state index in [9.17, 15) is 9.59 Å². The van der Waals surface area contributed by atoms with Crippen LogP contribution in [-0.4, -0.2) is 35.8 Å². The molecule has 3 atom stereocenters. The second-order valence-electron chi connectivity index (χ2n) is 5.62. The second kappa shape index (κ2) is 5.83. The molecule has 0 radical (unpaired) electrons. The summed E-state index contributed by atoms with van der Waals surface area (Å²) in [6, 6.07) is 9.20. The molecule has 0 aromatic heterocycles. The number of carbonyl (C=O) groups excluding carboxylic acids is 2. The lowest BCUT2D eigenvalue weighted by molar-refractivity contribution is -0.131. The van der Waals surface area contributed by atoms with E-state index in [4.69, 9.17) is 5.84 Å². The van der Waals surface area contributed by atoms with Crippen LogP contribution >= 0.6 is 0 Å². The van der Waals surface area contributed by atoms with Crippen LogP contribution in [0.25, 0.3) is 0 Å². The molecule has 2 aliphatic heterocycles. The Kier molecular flexibility index (Phi) is 3.90. The van der Waals surface area contributed by atoms with Gasteiger partial charge in [-0.1, -0.05) is 30.3 Å². The molecule has 1 aromatic rings. The van der Waals surface area contributed by atoms with Gasteiger partial charge in [0.25, 0.3) is 5.91 Å². The van der Waals surface area contributed by atoms with Gasteiger partial charge >= 0.3 is 0 Å². The molecule has 1 aromatic carbocycles. The van der Waals surface area contributed by atoms with Gasteiger partial charge in [0, 0.05) is 12.6 Å². The van der Waals surface area contributed by atoms with Crippen LogP contribution in [0.15, 0.2) is 30.3 Å². The lowest BCUT2D eigenvalue weighted by atomic mass is 9.88. The molecule has 2 aliphatic rings. The topological polar surface area (TPSA) is 87.5 Å². The first-order valence-corrected chi connectivity index (χ1v) is 7.31. The number of nitrogens with one attached hydrogen (secondary N) is 2. The molecule has 0 aliphatic carbocycles. The molecule has 2 fully saturated rings. The van der Waals surface area contributed by atoms with Crippen molar-refractivity contribution in [1.82, 2.24) is 15.6 Å². The van der Waals surface area contributed by atoms with Gasteiger partial charge < -0.3 is 5.32 Å². The van der Waals surface area contributed by atoms with Gasteiger partial charge in [-0.2, -0.15) is 0 Å². The molecular weight excluding hydrogens is 268 g/mol. The van der Waals surface area contributed by atoms with Crippen LogP contribution in [0.2, 0.25) is 0 Å². The van der Waals surface area contributed by atoms with E-state index < -0.39 is 6.04 Å². The Morgan fingerprint density at radius 2 is 2.14 bits per heavy atom. The SMILES string of the molecule is NNC(=O)C(c1ccccc1)N1CCCC2C(=O)NCC21. The molecule has 3 unspecified atom stereocenters. The van der Waals surface area contributed by atoms with Gasteiger partial charge in [-0.05, 0) is 24.9 Å². The van der Waals surface area contributed by atoms with Crippen molar-refractivity contribution in [2.24, 2.45) is 11.8 Å². The maximum atomic E-state index is 12.3. The van der Waals surface area contributed by atoms with Crippen LogP contribution in [0.3, 0.4) is 0 Å². The van der Waals surface area contributed by atoms with Crippen LogP contribution in [0.4, 0.5) is 0 Å². The van der Waals surface area contributed by atoms with Crippen molar-refractivity contribution in [2.45, 2.75) is 24.9 Å². The Morgan fingerprint density at radius 3 is 2.86 bits per heavy atom. The highest BCUT2D eigenvalue weighted by Gasteiger charge is 2.44. The zero-order valence-electron chi connectivity index (χ0n) is 11.8. The molecular formula is C15H20N4O2. The summed E-state index contributed by atoms with van der Waals surface area (Å²) >= 11 is 0.